The van der Waals surface area contributed by atoms with Crippen LogP contribution in [0.3, 0.4) is 0 Å². The fraction of sp³-hybridized carbons (Fsp3) is 0.533. The standard InChI is InChI=1S/C15H24N2O2/c1-6-16-14-8-7-13(9-11(14)2)15(18)17(4)12(3)10-19-5/h7-9,12,16H,6,10H2,1-5H3. The van der Waals surface area contributed by atoms with E-state index in [-0.39, 0.29) is 11.9 Å². The molecule has 0 aromatic heterocycles. The van der Waals surface area contributed by atoms with Gasteiger partial charge in [0, 0.05) is 32.0 Å². The topological polar surface area (TPSA) is 41.6 Å². The maximum Gasteiger partial charge on any atom is 0.253 e. The Hall–Kier alpha value is -1.55. The SMILES string of the molecule is CCNc1ccc(C(=O)N(C)C(C)COC)cc1C. The van der Waals surface area contributed by atoms with Crippen molar-refractivity contribution in [3.8, 4) is 0 Å². The molecule has 1 aromatic carbocycles. The molecule has 0 radical (unpaired) electrons. The van der Waals surface area contributed by atoms with Crippen LogP contribution in [0.25, 0.3) is 0 Å². The summed E-state index contributed by atoms with van der Waals surface area (Å²) in [5.41, 5.74) is 2.87. The number of nitrogens with zero attached hydrogens (tertiary/aromatic N) is 1. The summed E-state index contributed by atoms with van der Waals surface area (Å²) in [5, 5.41) is 3.27. The van der Waals surface area contributed by atoms with Crippen LogP contribution in [0, 0.1) is 6.92 Å². The lowest BCUT2D eigenvalue weighted by Crippen LogP contribution is -2.37. The fourth-order valence-corrected chi connectivity index (χ4v) is 1.94. The Morgan fingerprint density at radius 3 is 2.68 bits per heavy atom. The molecule has 1 unspecified atom stereocenters. The van der Waals surface area contributed by atoms with Gasteiger partial charge in [0.15, 0.2) is 0 Å². The summed E-state index contributed by atoms with van der Waals surface area (Å²) in [6.07, 6.45) is 0. The molecule has 0 fully saturated rings. The highest BCUT2D eigenvalue weighted by atomic mass is 16.5. The lowest BCUT2D eigenvalue weighted by molar-refractivity contribution is 0.0633. The molecule has 0 bridgehead atoms. The van der Waals surface area contributed by atoms with Crippen LogP contribution in [-0.4, -0.2) is 44.2 Å². The zero-order valence-corrected chi connectivity index (χ0v) is 12.5. The average Bonchev–Trinajstić information content (AvgIpc) is 2.40. The number of hydrogen-bond acceptors (Lipinski definition) is 3. The Balaban J connectivity index is 2.85. The molecule has 0 saturated heterocycles. The van der Waals surface area contributed by atoms with Crippen molar-refractivity contribution >= 4 is 11.6 Å². The van der Waals surface area contributed by atoms with Crippen molar-refractivity contribution in [2.75, 3.05) is 32.6 Å². The van der Waals surface area contributed by atoms with Crippen LogP contribution in [0.1, 0.15) is 29.8 Å². The third kappa shape index (κ3) is 3.96. The minimum Gasteiger partial charge on any atom is -0.385 e. The number of carbonyl (C=O) groups is 1. The van der Waals surface area contributed by atoms with Gasteiger partial charge in [0.2, 0.25) is 0 Å². The molecule has 0 aliphatic carbocycles. The van der Waals surface area contributed by atoms with E-state index in [1.54, 1.807) is 19.1 Å². The van der Waals surface area contributed by atoms with E-state index < -0.39 is 0 Å². The third-order valence-electron chi connectivity index (χ3n) is 3.23. The highest BCUT2D eigenvalue weighted by Gasteiger charge is 2.17. The summed E-state index contributed by atoms with van der Waals surface area (Å²) in [6.45, 7) is 7.45. The number of anilines is 1. The van der Waals surface area contributed by atoms with Crippen molar-refractivity contribution in [2.24, 2.45) is 0 Å². The molecule has 0 aliphatic heterocycles. The van der Waals surface area contributed by atoms with Gasteiger partial charge in [-0.05, 0) is 44.5 Å². The number of methoxy groups -OCH3 is 1. The Morgan fingerprint density at radius 2 is 2.16 bits per heavy atom. The molecule has 4 nitrogen and oxygen atoms in total. The maximum atomic E-state index is 12.3. The Kier molecular flexibility index (Phi) is 5.83. The van der Waals surface area contributed by atoms with E-state index in [2.05, 4.69) is 12.2 Å². The number of rotatable bonds is 6. The highest BCUT2D eigenvalue weighted by Crippen LogP contribution is 2.17. The highest BCUT2D eigenvalue weighted by molar-refractivity contribution is 5.95. The van der Waals surface area contributed by atoms with Gasteiger partial charge in [0.05, 0.1) is 12.6 Å². The number of ether oxygens (including phenoxy) is 1. The summed E-state index contributed by atoms with van der Waals surface area (Å²) >= 11 is 0. The molecule has 1 rings (SSSR count). The van der Waals surface area contributed by atoms with Gasteiger partial charge < -0.3 is 15.0 Å². The summed E-state index contributed by atoms with van der Waals surface area (Å²) in [6, 6.07) is 5.81. The monoisotopic (exact) mass is 264 g/mol. The molecular formula is C15H24N2O2. The zero-order chi connectivity index (χ0) is 14.4. The molecule has 1 atom stereocenters. The molecule has 4 heteroatoms. The second-order valence-electron chi connectivity index (χ2n) is 4.78. The van der Waals surface area contributed by atoms with E-state index >= 15 is 0 Å². The van der Waals surface area contributed by atoms with Crippen molar-refractivity contribution < 1.29 is 9.53 Å². The predicted octanol–water partition coefficient (Wildman–Crippen LogP) is 2.53. The summed E-state index contributed by atoms with van der Waals surface area (Å²) in [4.78, 5) is 14.0. The average molecular weight is 264 g/mol. The van der Waals surface area contributed by atoms with Crippen LogP contribution in [0.4, 0.5) is 5.69 Å². The summed E-state index contributed by atoms with van der Waals surface area (Å²) in [5.74, 6) is 0.0238. The molecule has 0 saturated carbocycles. The molecule has 106 valence electrons. The van der Waals surface area contributed by atoms with Crippen molar-refractivity contribution in [3.63, 3.8) is 0 Å². The largest absolute Gasteiger partial charge is 0.385 e. The van der Waals surface area contributed by atoms with Crippen LogP contribution >= 0.6 is 0 Å². The number of nitrogens with one attached hydrogen (secondary N) is 1. The van der Waals surface area contributed by atoms with Gasteiger partial charge in [-0.3, -0.25) is 4.79 Å². The first kappa shape index (κ1) is 15.5. The molecule has 19 heavy (non-hydrogen) atoms. The zero-order valence-electron chi connectivity index (χ0n) is 12.5. The van der Waals surface area contributed by atoms with Crippen LogP contribution < -0.4 is 5.32 Å². The Bertz CT molecular complexity index is 432. The van der Waals surface area contributed by atoms with Gasteiger partial charge in [-0.2, -0.15) is 0 Å². The Morgan fingerprint density at radius 1 is 1.47 bits per heavy atom. The predicted molar refractivity (Wildman–Crippen MR) is 78.8 cm³/mol. The molecular weight excluding hydrogens is 240 g/mol. The minimum atomic E-state index is 0.0238. The molecule has 0 heterocycles. The number of aryl methyl sites for hydroxylation is 1. The molecule has 1 aromatic rings. The number of benzene rings is 1. The van der Waals surface area contributed by atoms with Crippen LogP contribution in [0.15, 0.2) is 18.2 Å². The number of likely N-dealkylation sites (N-methyl/N-ethyl adjacent to an activating group) is 1. The normalized spacial score (nSPS) is 12.1. The first-order valence-electron chi connectivity index (χ1n) is 6.61. The van der Waals surface area contributed by atoms with E-state index in [0.717, 1.165) is 17.8 Å². The minimum absolute atomic E-state index is 0.0238. The van der Waals surface area contributed by atoms with Crippen LogP contribution in [0.2, 0.25) is 0 Å². The van der Waals surface area contributed by atoms with E-state index in [0.29, 0.717) is 12.2 Å². The van der Waals surface area contributed by atoms with Crippen molar-refractivity contribution in [1.29, 1.82) is 0 Å². The number of carbonyl (C=O) groups excluding carboxylic acids is 1. The van der Waals surface area contributed by atoms with Gasteiger partial charge in [-0.15, -0.1) is 0 Å². The lowest BCUT2D eigenvalue weighted by atomic mass is 10.1. The molecule has 1 amide bonds. The van der Waals surface area contributed by atoms with E-state index in [9.17, 15) is 4.79 Å². The molecule has 0 aliphatic rings. The van der Waals surface area contributed by atoms with E-state index in [1.165, 1.54) is 0 Å². The van der Waals surface area contributed by atoms with Crippen molar-refractivity contribution in [3.05, 3.63) is 29.3 Å². The molecule has 1 N–H and O–H groups in total. The fourth-order valence-electron chi connectivity index (χ4n) is 1.94. The first-order chi connectivity index (χ1) is 9.01. The maximum absolute atomic E-state index is 12.3. The third-order valence-corrected chi connectivity index (χ3v) is 3.23. The molecule has 0 spiro atoms. The summed E-state index contributed by atoms with van der Waals surface area (Å²) < 4.78 is 5.08. The van der Waals surface area contributed by atoms with Gasteiger partial charge >= 0.3 is 0 Å². The second-order valence-corrected chi connectivity index (χ2v) is 4.78. The van der Waals surface area contributed by atoms with Crippen LogP contribution in [-0.2, 0) is 4.74 Å². The van der Waals surface area contributed by atoms with Gasteiger partial charge in [0.1, 0.15) is 0 Å². The number of amides is 1. The number of hydrogen-bond donors (Lipinski definition) is 1. The summed E-state index contributed by atoms with van der Waals surface area (Å²) in [7, 11) is 3.45. The lowest BCUT2D eigenvalue weighted by Gasteiger charge is -2.24. The van der Waals surface area contributed by atoms with Gasteiger partial charge in [0.25, 0.3) is 5.91 Å². The smallest absolute Gasteiger partial charge is 0.253 e. The van der Waals surface area contributed by atoms with Crippen molar-refractivity contribution in [1.82, 2.24) is 4.90 Å². The van der Waals surface area contributed by atoms with Gasteiger partial charge in [-0.1, -0.05) is 0 Å². The van der Waals surface area contributed by atoms with E-state index in [1.807, 2.05) is 32.0 Å². The van der Waals surface area contributed by atoms with E-state index in [4.69, 9.17) is 4.74 Å². The quantitative estimate of drug-likeness (QED) is 0.858. The second kappa shape index (κ2) is 7.14. The Labute approximate surface area is 115 Å². The van der Waals surface area contributed by atoms with Crippen LogP contribution in [0.5, 0.6) is 0 Å². The first-order valence-corrected chi connectivity index (χ1v) is 6.61. The van der Waals surface area contributed by atoms with Gasteiger partial charge in [-0.25, -0.2) is 0 Å². The van der Waals surface area contributed by atoms with Crippen molar-refractivity contribution in [2.45, 2.75) is 26.8 Å².